The maximum absolute atomic E-state index is 12.3. The van der Waals surface area contributed by atoms with Gasteiger partial charge in [0.25, 0.3) is 0 Å². The predicted octanol–water partition coefficient (Wildman–Crippen LogP) is 2.80. The molecule has 0 saturated heterocycles. The lowest BCUT2D eigenvalue weighted by Gasteiger charge is -2.15. The third-order valence-electron chi connectivity index (χ3n) is 4.63. The lowest BCUT2D eigenvalue weighted by molar-refractivity contribution is -0.121. The first-order valence-electron chi connectivity index (χ1n) is 9.16. The molecule has 1 amide bonds. The van der Waals surface area contributed by atoms with Gasteiger partial charge in [-0.15, -0.1) is 0 Å². The zero-order chi connectivity index (χ0) is 20.7. The minimum Gasteiger partial charge on any atom is -0.496 e. The van der Waals surface area contributed by atoms with Gasteiger partial charge in [0.1, 0.15) is 5.75 Å². The van der Waals surface area contributed by atoms with Crippen LogP contribution in [0.1, 0.15) is 30.4 Å². The molecule has 0 fully saturated rings. The van der Waals surface area contributed by atoms with Crippen LogP contribution in [-0.4, -0.2) is 46.4 Å². The van der Waals surface area contributed by atoms with Crippen molar-refractivity contribution < 1.29 is 17.9 Å². The molecule has 0 radical (unpaired) electrons. The molecule has 6 nitrogen and oxygen atoms in total. The van der Waals surface area contributed by atoms with E-state index in [1.54, 1.807) is 12.1 Å². The van der Waals surface area contributed by atoms with Crippen LogP contribution in [0.4, 0.5) is 0 Å². The van der Waals surface area contributed by atoms with Crippen LogP contribution >= 0.6 is 0 Å². The second-order valence-corrected chi connectivity index (χ2v) is 9.03. The summed E-state index contributed by atoms with van der Waals surface area (Å²) in [6.07, 6.45) is 0.648. The van der Waals surface area contributed by atoms with Crippen LogP contribution in [-0.2, 0) is 21.2 Å². The molecule has 1 N–H and O–H groups in total. The number of hydrogen-bond acceptors (Lipinski definition) is 4. The van der Waals surface area contributed by atoms with E-state index in [1.807, 2.05) is 30.3 Å². The molecule has 2 aromatic carbocycles. The second-order valence-electron chi connectivity index (χ2n) is 6.88. The summed E-state index contributed by atoms with van der Waals surface area (Å²) >= 11 is 0. The van der Waals surface area contributed by atoms with Gasteiger partial charge < -0.3 is 10.1 Å². The first-order chi connectivity index (χ1) is 13.3. The lowest BCUT2D eigenvalue weighted by Crippen LogP contribution is -2.27. The molecule has 0 unspecified atom stereocenters. The van der Waals surface area contributed by atoms with Crippen LogP contribution in [0.5, 0.6) is 5.75 Å². The molecule has 0 heterocycles. The van der Waals surface area contributed by atoms with Crippen molar-refractivity contribution in [2.24, 2.45) is 0 Å². The molecule has 1 atom stereocenters. The normalized spacial score (nSPS) is 12.6. The molecule has 2 aromatic rings. The van der Waals surface area contributed by atoms with Crippen LogP contribution in [0, 0.1) is 0 Å². The molecule has 0 aliphatic carbocycles. The Morgan fingerprint density at radius 2 is 1.82 bits per heavy atom. The van der Waals surface area contributed by atoms with E-state index in [1.165, 1.54) is 32.8 Å². The Hall–Kier alpha value is -2.38. The molecular weight excluding hydrogens is 376 g/mol. The molecule has 152 valence electrons. The SMILES string of the molecule is COc1ccc(S(=O)(=O)N(C)C)cc1CCC(=O)NC[C@H](C)c1ccccc1. The van der Waals surface area contributed by atoms with Crippen molar-refractivity contribution in [2.45, 2.75) is 30.6 Å². The van der Waals surface area contributed by atoms with E-state index in [2.05, 4.69) is 12.2 Å². The zero-order valence-corrected chi connectivity index (χ0v) is 17.6. The Bertz CT molecular complexity index is 896. The molecule has 0 aliphatic rings. The van der Waals surface area contributed by atoms with E-state index >= 15 is 0 Å². The minimum atomic E-state index is -3.54. The highest BCUT2D eigenvalue weighted by atomic mass is 32.2. The van der Waals surface area contributed by atoms with Crippen LogP contribution < -0.4 is 10.1 Å². The Balaban J connectivity index is 2.00. The van der Waals surface area contributed by atoms with Gasteiger partial charge in [-0.2, -0.15) is 0 Å². The molecular formula is C21H28N2O4S. The number of nitrogens with one attached hydrogen (secondary N) is 1. The van der Waals surface area contributed by atoms with Crippen LogP contribution in [0.15, 0.2) is 53.4 Å². The van der Waals surface area contributed by atoms with Crippen molar-refractivity contribution in [1.82, 2.24) is 9.62 Å². The summed E-state index contributed by atoms with van der Waals surface area (Å²) in [5, 5.41) is 2.95. The quantitative estimate of drug-likeness (QED) is 0.697. The fourth-order valence-corrected chi connectivity index (χ4v) is 3.78. The number of methoxy groups -OCH3 is 1. The smallest absolute Gasteiger partial charge is 0.242 e. The molecule has 0 aliphatic heterocycles. The molecule has 7 heteroatoms. The molecule has 0 spiro atoms. The number of carbonyl (C=O) groups excluding carboxylic acids is 1. The first kappa shape index (κ1) is 21.9. The number of ether oxygens (including phenoxy) is 1. The summed E-state index contributed by atoms with van der Waals surface area (Å²) in [6.45, 7) is 2.61. The maximum Gasteiger partial charge on any atom is 0.242 e. The third-order valence-corrected chi connectivity index (χ3v) is 6.44. The standard InChI is InChI=1S/C21H28N2O4S/c1-16(17-8-6-5-7-9-17)15-22-21(24)13-10-18-14-19(11-12-20(18)27-4)28(25,26)23(2)3/h5-9,11-12,14,16H,10,13,15H2,1-4H3,(H,22,24)/t16-/m0/s1. The van der Waals surface area contributed by atoms with Crippen molar-refractivity contribution in [3.63, 3.8) is 0 Å². The highest BCUT2D eigenvalue weighted by Gasteiger charge is 2.19. The Labute approximate surface area is 167 Å². The molecule has 2 rings (SSSR count). The number of aryl methyl sites for hydroxylation is 1. The number of sulfonamides is 1. The summed E-state index contributed by atoms with van der Waals surface area (Å²) in [5.41, 5.74) is 1.86. The van der Waals surface area contributed by atoms with E-state index in [0.717, 1.165) is 4.31 Å². The minimum absolute atomic E-state index is 0.0781. The van der Waals surface area contributed by atoms with Gasteiger partial charge >= 0.3 is 0 Å². The summed E-state index contributed by atoms with van der Waals surface area (Å²) < 4.78 is 31.2. The summed E-state index contributed by atoms with van der Waals surface area (Å²) in [7, 11) is 0.964. The maximum atomic E-state index is 12.3. The first-order valence-corrected chi connectivity index (χ1v) is 10.6. The number of carbonyl (C=O) groups is 1. The van der Waals surface area contributed by atoms with Gasteiger partial charge in [0.15, 0.2) is 0 Å². The van der Waals surface area contributed by atoms with Gasteiger partial charge in [-0.05, 0) is 41.7 Å². The summed E-state index contributed by atoms with van der Waals surface area (Å²) in [4.78, 5) is 12.4. The molecule has 28 heavy (non-hydrogen) atoms. The van der Waals surface area contributed by atoms with Crippen LogP contribution in [0.25, 0.3) is 0 Å². The van der Waals surface area contributed by atoms with Crippen molar-refractivity contribution in [3.05, 3.63) is 59.7 Å². The number of hydrogen-bond donors (Lipinski definition) is 1. The van der Waals surface area contributed by atoms with Gasteiger partial charge in [-0.3, -0.25) is 4.79 Å². The Morgan fingerprint density at radius 1 is 1.14 bits per heavy atom. The fourth-order valence-electron chi connectivity index (χ4n) is 2.82. The average molecular weight is 405 g/mol. The Kier molecular flexibility index (Phi) is 7.60. The van der Waals surface area contributed by atoms with Gasteiger partial charge in [0.05, 0.1) is 12.0 Å². The fraction of sp³-hybridized carbons (Fsp3) is 0.381. The topological polar surface area (TPSA) is 75.7 Å². The van der Waals surface area contributed by atoms with Gasteiger partial charge in [-0.1, -0.05) is 37.3 Å². The predicted molar refractivity (Wildman–Crippen MR) is 110 cm³/mol. The van der Waals surface area contributed by atoms with Crippen LogP contribution in [0.3, 0.4) is 0 Å². The third kappa shape index (κ3) is 5.56. The molecule has 0 bridgehead atoms. The largest absolute Gasteiger partial charge is 0.496 e. The molecule has 0 saturated carbocycles. The average Bonchev–Trinajstić information content (AvgIpc) is 2.70. The second kappa shape index (κ2) is 9.71. The summed E-state index contributed by atoms with van der Waals surface area (Å²) in [6, 6.07) is 14.7. The van der Waals surface area contributed by atoms with Crippen molar-refractivity contribution >= 4 is 15.9 Å². The zero-order valence-electron chi connectivity index (χ0n) is 16.8. The van der Waals surface area contributed by atoms with E-state index < -0.39 is 10.0 Å². The number of rotatable bonds is 9. The van der Waals surface area contributed by atoms with Crippen molar-refractivity contribution in [2.75, 3.05) is 27.7 Å². The van der Waals surface area contributed by atoms with E-state index in [4.69, 9.17) is 4.74 Å². The van der Waals surface area contributed by atoms with Gasteiger partial charge in [0.2, 0.25) is 15.9 Å². The highest BCUT2D eigenvalue weighted by molar-refractivity contribution is 7.89. The highest BCUT2D eigenvalue weighted by Crippen LogP contribution is 2.25. The lowest BCUT2D eigenvalue weighted by atomic mass is 10.0. The number of nitrogens with zero attached hydrogens (tertiary/aromatic N) is 1. The van der Waals surface area contributed by atoms with E-state index in [-0.39, 0.29) is 23.1 Å². The van der Waals surface area contributed by atoms with Crippen molar-refractivity contribution in [1.29, 1.82) is 0 Å². The summed E-state index contributed by atoms with van der Waals surface area (Å²) in [5.74, 6) is 0.710. The number of amides is 1. The van der Waals surface area contributed by atoms with E-state index in [9.17, 15) is 13.2 Å². The van der Waals surface area contributed by atoms with Crippen LogP contribution in [0.2, 0.25) is 0 Å². The van der Waals surface area contributed by atoms with Crippen molar-refractivity contribution in [3.8, 4) is 5.75 Å². The monoisotopic (exact) mass is 404 g/mol. The number of benzene rings is 2. The van der Waals surface area contributed by atoms with Gasteiger partial charge in [-0.25, -0.2) is 12.7 Å². The van der Waals surface area contributed by atoms with E-state index in [0.29, 0.717) is 24.3 Å². The van der Waals surface area contributed by atoms with Gasteiger partial charge in [0, 0.05) is 27.1 Å². The Morgan fingerprint density at radius 3 is 2.43 bits per heavy atom. The molecule has 0 aromatic heterocycles.